The van der Waals surface area contributed by atoms with Gasteiger partial charge in [-0.25, -0.2) is 23.3 Å². The van der Waals surface area contributed by atoms with Gasteiger partial charge in [0.2, 0.25) is 0 Å². The van der Waals surface area contributed by atoms with E-state index in [0.29, 0.717) is 5.69 Å². The fourth-order valence-corrected chi connectivity index (χ4v) is 3.80. The molecular weight excluding hydrogens is 432 g/mol. The summed E-state index contributed by atoms with van der Waals surface area (Å²) >= 11 is 6.79. The summed E-state index contributed by atoms with van der Waals surface area (Å²) in [6.07, 6.45) is -2.13. The van der Waals surface area contributed by atoms with Crippen molar-refractivity contribution in [1.82, 2.24) is 0 Å². The van der Waals surface area contributed by atoms with E-state index in [0.717, 1.165) is 26.2 Å². The van der Waals surface area contributed by atoms with Gasteiger partial charge in [0.25, 0.3) is 0 Å². The maximum atomic E-state index is 11.9. The third kappa shape index (κ3) is 2.79. The van der Waals surface area contributed by atoms with Crippen LogP contribution in [0.2, 0.25) is 0 Å². The van der Waals surface area contributed by atoms with Crippen molar-refractivity contribution < 1.29 is 19.4 Å². The summed E-state index contributed by atoms with van der Waals surface area (Å²) in [5, 5.41) is 0. The summed E-state index contributed by atoms with van der Waals surface area (Å²) in [7, 11) is 0. The lowest BCUT2D eigenvalue weighted by atomic mass is 10.1. The van der Waals surface area contributed by atoms with Crippen LogP contribution in [0.15, 0.2) is 42.5 Å². The molecule has 118 valence electrons. The van der Waals surface area contributed by atoms with E-state index in [1.54, 1.807) is 6.07 Å². The second-order valence-electron chi connectivity index (χ2n) is 4.72. The second kappa shape index (κ2) is 6.21. The lowest BCUT2D eigenvalue weighted by Crippen LogP contribution is -2.25. The van der Waals surface area contributed by atoms with Gasteiger partial charge in [-0.3, -0.25) is 0 Å². The van der Waals surface area contributed by atoms with E-state index in [9.17, 15) is 9.59 Å². The number of fused-ring (bicyclic) bond motifs is 3. The predicted molar refractivity (Wildman–Crippen MR) is 91.2 cm³/mol. The minimum atomic E-state index is -1.21. The van der Waals surface area contributed by atoms with Crippen LogP contribution in [0.4, 0.5) is 15.3 Å². The van der Waals surface area contributed by atoms with Gasteiger partial charge in [0.05, 0.1) is 26.7 Å². The van der Waals surface area contributed by atoms with Gasteiger partial charge < -0.3 is 5.73 Å². The lowest BCUT2D eigenvalue weighted by molar-refractivity contribution is -0.172. The minimum absolute atomic E-state index is 0.0743. The number of nitrogens with two attached hydrogens (primary N) is 1. The van der Waals surface area contributed by atoms with Crippen molar-refractivity contribution in [3.05, 3.63) is 53.6 Å². The number of primary amides is 1. The van der Waals surface area contributed by atoms with Crippen LogP contribution in [0.25, 0.3) is 11.1 Å². The molecule has 2 aromatic rings. The Bertz CT molecular complexity index is 797. The molecule has 0 aliphatic heterocycles. The van der Waals surface area contributed by atoms with Crippen LogP contribution in [0.3, 0.4) is 0 Å². The predicted octanol–water partition coefficient (Wildman–Crippen LogP) is 4.41. The van der Waals surface area contributed by atoms with Gasteiger partial charge in [-0.1, -0.05) is 52.3 Å². The molecular formula is C15H10Br2N2O4. The highest BCUT2D eigenvalue weighted by Gasteiger charge is 2.32. The first-order chi connectivity index (χ1) is 11.0. The molecule has 0 bridgehead atoms. The maximum absolute atomic E-state index is 11.9. The largest absolute Gasteiger partial charge is 0.467 e. The van der Waals surface area contributed by atoms with E-state index in [1.165, 1.54) is 0 Å². The molecule has 0 spiro atoms. The smallest absolute Gasteiger partial charge is 0.332 e. The molecule has 0 aromatic heterocycles. The molecule has 1 aliphatic rings. The Morgan fingerprint density at radius 1 is 1.04 bits per heavy atom. The first-order valence-electron chi connectivity index (χ1n) is 6.51. The molecule has 2 aromatic carbocycles. The molecule has 1 unspecified atom stereocenters. The molecule has 1 aliphatic carbocycles. The average Bonchev–Trinajstić information content (AvgIpc) is 2.85. The molecule has 23 heavy (non-hydrogen) atoms. The summed E-state index contributed by atoms with van der Waals surface area (Å²) in [6.45, 7) is 0. The van der Waals surface area contributed by atoms with Gasteiger partial charge in [-0.05, 0) is 22.8 Å². The van der Waals surface area contributed by atoms with Gasteiger partial charge in [0.15, 0.2) is 0 Å². The Hall–Kier alpha value is -2.06. The first kappa shape index (κ1) is 15.8. The zero-order valence-electron chi connectivity index (χ0n) is 11.5. The Morgan fingerprint density at radius 2 is 1.74 bits per heavy atom. The third-order valence-corrected chi connectivity index (χ3v) is 5.05. The van der Waals surface area contributed by atoms with Crippen molar-refractivity contribution in [2.75, 3.05) is 3.93 Å². The summed E-state index contributed by atoms with van der Waals surface area (Å²) in [5.74, 6) is 0. The SMILES string of the molecule is NC(=O)OOC(=O)N(Br)c1cccc2c1C(Br)c1ccccc1-2. The molecule has 0 saturated heterocycles. The van der Waals surface area contributed by atoms with Crippen molar-refractivity contribution >= 4 is 50.0 Å². The van der Waals surface area contributed by atoms with Gasteiger partial charge in [0, 0.05) is 5.56 Å². The molecule has 6 nitrogen and oxygen atoms in total. The van der Waals surface area contributed by atoms with E-state index < -0.39 is 12.2 Å². The van der Waals surface area contributed by atoms with Crippen LogP contribution >= 0.6 is 32.1 Å². The van der Waals surface area contributed by atoms with Gasteiger partial charge >= 0.3 is 12.2 Å². The number of rotatable bonds is 1. The molecule has 8 heteroatoms. The second-order valence-corrected chi connectivity index (χ2v) is 6.35. The van der Waals surface area contributed by atoms with Crippen LogP contribution in [0.1, 0.15) is 16.0 Å². The summed E-state index contributed by atoms with van der Waals surface area (Å²) in [4.78, 5) is 30.8. The topological polar surface area (TPSA) is 81.9 Å². The number of carbonyl (C=O) groups excluding carboxylic acids is 2. The molecule has 0 saturated carbocycles. The average molecular weight is 442 g/mol. The highest BCUT2D eigenvalue weighted by Crippen LogP contribution is 2.51. The standard InChI is InChI=1S/C15H10Br2N2O4/c16-13-10-5-2-1-4-8(10)9-6-3-7-11(12(9)13)19(17)15(21)23-22-14(18)20/h1-7,13H,(H2,18,20). The van der Waals surface area contributed by atoms with Crippen LogP contribution in [0, 0.1) is 0 Å². The van der Waals surface area contributed by atoms with Gasteiger partial charge in [-0.15, -0.1) is 0 Å². The van der Waals surface area contributed by atoms with Gasteiger partial charge in [-0.2, -0.15) is 0 Å². The van der Waals surface area contributed by atoms with Crippen LogP contribution in [-0.2, 0) is 9.78 Å². The number of hydrogen-bond donors (Lipinski definition) is 1. The third-order valence-electron chi connectivity index (χ3n) is 3.43. The van der Waals surface area contributed by atoms with E-state index in [-0.39, 0.29) is 4.83 Å². The quantitative estimate of drug-likeness (QED) is 0.307. The van der Waals surface area contributed by atoms with E-state index in [1.807, 2.05) is 36.4 Å². The number of hydrogen-bond acceptors (Lipinski definition) is 4. The number of nitrogens with zero attached hydrogens (tertiary/aromatic N) is 1. The van der Waals surface area contributed by atoms with E-state index in [4.69, 9.17) is 5.73 Å². The number of amides is 2. The van der Waals surface area contributed by atoms with Crippen LogP contribution < -0.4 is 9.66 Å². The summed E-state index contributed by atoms with van der Waals surface area (Å²) in [5.41, 5.74) is 9.45. The van der Waals surface area contributed by atoms with Crippen molar-refractivity contribution in [3.63, 3.8) is 0 Å². The lowest BCUT2D eigenvalue weighted by Gasteiger charge is -2.18. The molecule has 0 fully saturated rings. The van der Waals surface area contributed by atoms with E-state index >= 15 is 0 Å². The Balaban J connectivity index is 1.98. The zero-order valence-corrected chi connectivity index (χ0v) is 14.7. The molecule has 2 amide bonds. The van der Waals surface area contributed by atoms with Crippen molar-refractivity contribution in [2.24, 2.45) is 5.73 Å². The Morgan fingerprint density at radius 3 is 2.48 bits per heavy atom. The Labute approximate surface area is 148 Å². The summed E-state index contributed by atoms with van der Waals surface area (Å²) < 4.78 is 1.08. The monoisotopic (exact) mass is 440 g/mol. The number of alkyl halides is 1. The molecule has 1 atom stereocenters. The van der Waals surface area contributed by atoms with Gasteiger partial charge in [0.1, 0.15) is 0 Å². The highest BCUT2D eigenvalue weighted by atomic mass is 79.9. The highest BCUT2D eigenvalue weighted by molar-refractivity contribution is 9.10. The number of halogens is 2. The fraction of sp³-hybridized carbons (Fsp3) is 0.0667. The van der Waals surface area contributed by atoms with Crippen molar-refractivity contribution in [1.29, 1.82) is 0 Å². The Kier molecular flexibility index (Phi) is 4.27. The van der Waals surface area contributed by atoms with Crippen molar-refractivity contribution in [2.45, 2.75) is 4.83 Å². The van der Waals surface area contributed by atoms with Crippen LogP contribution in [0.5, 0.6) is 0 Å². The number of anilines is 1. The first-order valence-corrected chi connectivity index (χ1v) is 8.13. The normalized spacial score (nSPS) is 14.6. The molecule has 0 radical (unpaired) electrons. The molecule has 2 N–H and O–H groups in total. The summed E-state index contributed by atoms with van der Waals surface area (Å²) in [6, 6.07) is 13.5. The fourth-order valence-electron chi connectivity index (χ4n) is 2.55. The molecule has 0 heterocycles. The molecule has 3 rings (SSSR count). The number of carbonyl (C=O) groups is 2. The zero-order chi connectivity index (χ0) is 16.6. The van der Waals surface area contributed by atoms with E-state index in [2.05, 4.69) is 41.9 Å². The van der Waals surface area contributed by atoms with Crippen molar-refractivity contribution in [3.8, 4) is 11.1 Å². The minimum Gasteiger partial charge on any atom is -0.332 e. The number of benzene rings is 2. The van der Waals surface area contributed by atoms with Crippen LogP contribution in [-0.4, -0.2) is 12.2 Å². The maximum Gasteiger partial charge on any atom is 0.467 e.